The van der Waals surface area contributed by atoms with Gasteiger partial charge < -0.3 is 19.1 Å². The molecule has 4 heteroatoms. The molecular formula is C25H31NO3. The van der Waals surface area contributed by atoms with Gasteiger partial charge in [-0.25, -0.2) is 0 Å². The maximum Gasteiger partial charge on any atom is 0.0913 e. The van der Waals surface area contributed by atoms with Crippen LogP contribution in [-0.2, 0) is 27.1 Å². The van der Waals surface area contributed by atoms with Crippen molar-refractivity contribution in [3.63, 3.8) is 0 Å². The van der Waals surface area contributed by atoms with Crippen molar-refractivity contribution in [3.05, 3.63) is 98.2 Å². The quantitative estimate of drug-likeness (QED) is 0.283. The van der Waals surface area contributed by atoms with Crippen LogP contribution in [-0.4, -0.2) is 26.4 Å². The normalized spacial score (nSPS) is 10.1. The summed E-state index contributed by atoms with van der Waals surface area (Å²) in [6, 6.07) is 17.2. The van der Waals surface area contributed by atoms with Crippen molar-refractivity contribution in [2.75, 3.05) is 31.3 Å². The Labute approximate surface area is 174 Å². The molecule has 0 aliphatic rings. The van der Waals surface area contributed by atoms with Gasteiger partial charge >= 0.3 is 0 Å². The first-order valence-corrected chi connectivity index (χ1v) is 9.91. The smallest absolute Gasteiger partial charge is 0.0913 e. The number of benzene rings is 2. The van der Waals surface area contributed by atoms with Gasteiger partial charge in [0.1, 0.15) is 0 Å². The van der Waals surface area contributed by atoms with E-state index in [0.717, 1.165) is 37.2 Å². The third-order valence-electron chi connectivity index (χ3n) is 4.51. The van der Waals surface area contributed by atoms with Gasteiger partial charge in [0.15, 0.2) is 0 Å². The summed E-state index contributed by atoms with van der Waals surface area (Å²) in [5.74, 6) is 0. The fourth-order valence-corrected chi connectivity index (χ4v) is 3.00. The van der Waals surface area contributed by atoms with E-state index in [-0.39, 0.29) is 0 Å². The molecule has 0 atom stereocenters. The molecule has 2 rings (SSSR count). The molecule has 0 saturated heterocycles. The first kappa shape index (κ1) is 22.2. The molecule has 4 nitrogen and oxygen atoms in total. The number of nitrogens with zero attached hydrogens (tertiary/aromatic N) is 1. The Hall–Kier alpha value is -3.14. The van der Waals surface area contributed by atoms with Crippen LogP contribution in [0, 0.1) is 0 Å². The van der Waals surface area contributed by atoms with Crippen molar-refractivity contribution < 1.29 is 14.2 Å². The number of hydrogen-bond acceptors (Lipinski definition) is 4. The second-order valence-corrected chi connectivity index (χ2v) is 6.45. The highest BCUT2D eigenvalue weighted by Gasteiger charge is 2.10. The summed E-state index contributed by atoms with van der Waals surface area (Å²) in [5.41, 5.74) is 4.78. The van der Waals surface area contributed by atoms with Crippen molar-refractivity contribution in [1.29, 1.82) is 0 Å². The standard InChI is InChI=1S/C25H31NO3/c1-4-27-19-7-18-26(24-12-8-22(9-13-24)16-20-28-5-2)25-14-10-23(11-15-25)17-21-29-6-3/h4-6,8-15H,1-3,7,16-21H2. The van der Waals surface area contributed by atoms with Gasteiger partial charge in [0.25, 0.3) is 0 Å². The van der Waals surface area contributed by atoms with Crippen molar-refractivity contribution in [2.45, 2.75) is 19.3 Å². The average molecular weight is 394 g/mol. The van der Waals surface area contributed by atoms with Gasteiger partial charge in [-0.05, 0) is 41.8 Å². The Morgan fingerprint density at radius 3 is 1.45 bits per heavy atom. The molecule has 0 heterocycles. The summed E-state index contributed by atoms with van der Waals surface area (Å²) in [5, 5.41) is 0. The van der Waals surface area contributed by atoms with Crippen LogP contribution in [0.5, 0.6) is 0 Å². The number of rotatable bonds is 15. The zero-order valence-electron chi connectivity index (χ0n) is 17.1. The van der Waals surface area contributed by atoms with Crippen molar-refractivity contribution in [3.8, 4) is 0 Å². The van der Waals surface area contributed by atoms with Gasteiger partial charge in [0.05, 0.1) is 38.6 Å². The van der Waals surface area contributed by atoms with Crippen LogP contribution in [0.4, 0.5) is 11.4 Å². The highest BCUT2D eigenvalue weighted by Crippen LogP contribution is 2.26. The summed E-state index contributed by atoms with van der Waals surface area (Å²) in [6.45, 7) is 13.5. The predicted molar refractivity (Wildman–Crippen MR) is 120 cm³/mol. The van der Waals surface area contributed by atoms with E-state index in [1.165, 1.54) is 29.9 Å². The maximum absolute atomic E-state index is 5.30. The molecular weight excluding hydrogens is 362 g/mol. The molecule has 29 heavy (non-hydrogen) atoms. The van der Waals surface area contributed by atoms with E-state index in [0.29, 0.717) is 19.8 Å². The van der Waals surface area contributed by atoms with Gasteiger partial charge in [0.2, 0.25) is 0 Å². The molecule has 154 valence electrons. The summed E-state index contributed by atoms with van der Waals surface area (Å²) in [6.07, 6.45) is 7.07. The Morgan fingerprint density at radius 2 is 1.03 bits per heavy atom. The highest BCUT2D eigenvalue weighted by molar-refractivity contribution is 5.63. The molecule has 0 N–H and O–H groups in total. The Bertz CT molecular complexity index is 680. The zero-order valence-corrected chi connectivity index (χ0v) is 17.1. The van der Waals surface area contributed by atoms with Gasteiger partial charge in [0, 0.05) is 30.8 Å². The lowest BCUT2D eigenvalue weighted by Crippen LogP contribution is -2.19. The molecule has 2 aromatic rings. The minimum absolute atomic E-state index is 0.641. The highest BCUT2D eigenvalue weighted by atomic mass is 16.5. The fourth-order valence-electron chi connectivity index (χ4n) is 3.00. The summed E-state index contributed by atoms with van der Waals surface area (Å²) >= 11 is 0. The van der Waals surface area contributed by atoms with Gasteiger partial charge in [-0.3, -0.25) is 0 Å². The Morgan fingerprint density at radius 1 is 0.621 bits per heavy atom. The maximum atomic E-state index is 5.30. The van der Waals surface area contributed by atoms with E-state index in [9.17, 15) is 0 Å². The molecule has 0 aliphatic carbocycles. The van der Waals surface area contributed by atoms with Crippen molar-refractivity contribution >= 4 is 11.4 Å². The first-order chi connectivity index (χ1) is 14.3. The molecule has 0 aromatic heterocycles. The molecule has 0 aliphatic heterocycles. The van der Waals surface area contributed by atoms with E-state index < -0.39 is 0 Å². The predicted octanol–water partition coefficient (Wildman–Crippen LogP) is 5.78. The van der Waals surface area contributed by atoms with E-state index in [1.54, 1.807) is 0 Å². The summed E-state index contributed by atoms with van der Waals surface area (Å²) in [7, 11) is 0. The van der Waals surface area contributed by atoms with E-state index >= 15 is 0 Å². The van der Waals surface area contributed by atoms with Gasteiger partial charge in [-0.15, -0.1) is 0 Å². The Balaban J connectivity index is 2.10. The lowest BCUT2D eigenvalue weighted by Gasteiger charge is -2.25. The minimum Gasteiger partial charge on any atom is -0.502 e. The van der Waals surface area contributed by atoms with Gasteiger partial charge in [-0.1, -0.05) is 44.0 Å². The molecule has 0 bridgehead atoms. The molecule has 0 radical (unpaired) electrons. The molecule has 0 saturated carbocycles. The van der Waals surface area contributed by atoms with Crippen LogP contribution in [0.25, 0.3) is 0 Å². The van der Waals surface area contributed by atoms with Crippen molar-refractivity contribution in [2.24, 2.45) is 0 Å². The lowest BCUT2D eigenvalue weighted by molar-refractivity contribution is 0.248. The van der Waals surface area contributed by atoms with E-state index in [2.05, 4.69) is 73.2 Å². The molecule has 0 amide bonds. The van der Waals surface area contributed by atoms with Crippen LogP contribution in [0.2, 0.25) is 0 Å². The summed E-state index contributed by atoms with van der Waals surface area (Å²) < 4.78 is 15.7. The fraction of sp³-hybridized carbons (Fsp3) is 0.280. The topological polar surface area (TPSA) is 30.9 Å². The van der Waals surface area contributed by atoms with Gasteiger partial charge in [-0.2, -0.15) is 0 Å². The van der Waals surface area contributed by atoms with Crippen LogP contribution >= 0.6 is 0 Å². The third kappa shape index (κ3) is 7.78. The first-order valence-electron chi connectivity index (χ1n) is 9.91. The van der Waals surface area contributed by atoms with Crippen LogP contribution in [0.15, 0.2) is 87.1 Å². The SMILES string of the molecule is C=COCCCN(c1ccc(CCOC=C)cc1)c1ccc(CCOC=C)cc1. The van der Waals surface area contributed by atoms with Crippen LogP contribution in [0.3, 0.4) is 0 Å². The summed E-state index contributed by atoms with van der Waals surface area (Å²) in [4.78, 5) is 2.31. The van der Waals surface area contributed by atoms with E-state index in [4.69, 9.17) is 14.2 Å². The largest absolute Gasteiger partial charge is 0.502 e. The molecule has 0 fully saturated rings. The molecule has 0 unspecified atom stereocenters. The van der Waals surface area contributed by atoms with Crippen LogP contribution < -0.4 is 4.90 Å². The Kier molecular flexibility index (Phi) is 10.0. The minimum atomic E-state index is 0.641. The third-order valence-corrected chi connectivity index (χ3v) is 4.51. The number of ether oxygens (including phenoxy) is 3. The number of hydrogen-bond donors (Lipinski definition) is 0. The van der Waals surface area contributed by atoms with Crippen LogP contribution in [0.1, 0.15) is 17.5 Å². The van der Waals surface area contributed by atoms with E-state index in [1.807, 2.05) is 0 Å². The molecule has 0 spiro atoms. The molecule has 2 aromatic carbocycles. The van der Waals surface area contributed by atoms with Crippen molar-refractivity contribution in [1.82, 2.24) is 0 Å². The monoisotopic (exact) mass is 393 g/mol. The second kappa shape index (κ2) is 13.1. The number of anilines is 2. The average Bonchev–Trinajstić information content (AvgIpc) is 2.76. The lowest BCUT2D eigenvalue weighted by atomic mass is 10.1. The zero-order chi connectivity index (χ0) is 20.7. The second-order valence-electron chi connectivity index (χ2n) is 6.45.